The van der Waals surface area contributed by atoms with Gasteiger partial charge in [0.15, 0.2) is 18.1 Å². The van der Waals surface area contributed by atoms with Crippen molar-refractivity contribution in [1.82, 2.24) is 9.78 Å². The lowest BCUT2D eigenvalue weighted by atomic mass is 10.2. The van der Waals surface area contributed by atoms with Gasteiger partial charge in [0.1, 0.15) is 5.56 Å². The third kappa shape index (κ3) is 4.83. The maximum Gasteiger partial charge on any atom is 0.345 e. The molecule has 1 aliphatic rings. The molecule has 0 saturated heterocycles. The molecule has 0 radical (unpaired) electrons. The van der Waals surface area contributed by atoms with Gasteiger partial charge in [-0.2, -0.15) is 5.10 Å². The number of aromatic nitrogens is 2. The van der Waals surface area contributed by atoms with Crippen molar-refractivity contribution in [3.8, 4) is 23.1 Å². The Labute approximate surface area is 184 Å². The average molecular weight is 437 g/mol. The number of carbonyl (C=O) groups excluding carboxylic acids is 2. The Morgan fingerprint density at radius 3 is 2.66 bits per heavy atom. The lowest BCUT2D eigenvalue weighted by Crippen LogP contribution is -2.22. The predicted octanol–water partition coefficient (Wildman–Crippen LogP) is 3.23. The van der Waals surface area contributed by atoms with E-state index in [4.69, 9.17) is 18.9 Å². The second kappa shape index (κ2) is 9.86. The van der Waals surface area contributed by atoms with Crippen LogP contribution in [0.15, 0.2) is 54.7 Å². The van der Waals surface area contributed by atoms with Gasteiger partial charge in [0.25, 0.3) is 5.91 Å². The molecule has 1 N–H and O–H groups in total. The largest absolute Gasteiger partial charge is 0.490 e. The van der Waals surface area contributed by atoms with E-state index < -0.39 is 11.9 Å². The fourth-order valence-corrected chi connectivity index (χ4v) is 3.15. The van der Waals surface area contributed by atoms with Crippen molar-refractivity contribution in [2.24, 2.45) is 0 Å². The number of nitrogens with zero attached hydrogens (tertiary/aromatic N) is 2. The number of amides is 1. The summed E-state index contributed by atoms with van der Waals surface area (Å²) < 4.78 is 23.5. The van der Waals surface area contributed by atoms with Crippen molar-refractivity contribution in [2.45, 2.75) is 13.3 Å². The van der Waals surface area contributed by atoms with Crippen molar-refractivity contribution in [1.29, 1.82) is 0 Å². The number of esters is 1. The third-order valence-electron chi connectivity index (χ3n) is 4.59. The van der Waals surface area contributed by atoms with Crippen molar-refractivity contribution in [3.05, 3.63) is 60.3 Å². The van der Waals surface area contributed by atoms with Crippen LogP contribution in [-0.2, 0) is 9.53 Å². The van der Waals surface area contributed by atoms with Gasteiger partial charge in [-0.1, -0.05) is 18.2 Å². The van der Waals surface area contributed by atoms with Crippen LogP contribution in [0.5, 0.6) is 17.4 Å². The molecule has 0 bridgehead atoms. The Hall–Kier alpha value is -4.01. The molecule has 1 aromatic heterocycles. The van der Waals surface area contributed by atoms with E-state index in [-0.39, 0.29) is 24.7 Å². The minimum atomic E-state index is -0.576. The highest BCUT2D eigenvalue weighted by Gasteiger charge is 2.22. The molecular formula is C23H23N3O6. The Balaban J connectivity index is 1.49. The van der Waals surface area contributed by atoms with Crippen LogP contribution in [0.3, 0.4) is 0 Å². The van der Waals surface area contributed by atoms with Gasteiger partial charge in [0.05, 0.1) is 31.7 Å². The minimum Gasteiger partial charge on any atom is -0.490 e. The first kappa shape index (κ1) is 21.2. The zero-order valence-corrected chi connectivity index (χ0v) is 17.6. The van der Waals surface area contributed by atoms with Crippen molar-refractivity contribution in [3.63, 3.8) is 0 Å². The standard InChI is InChI=1S/C23H23N3O6/c1-2-29-23(28)18-14-24-26(17-7-4-3-5-8-17)22(18)32-15-21(27)25-16-9-10-19-20(13-16)31-12-6-11-30-19/h3-5,7-10,13-14H,2,6,11-12,15H2,1H3,(H,25,27). The molecule has 0 fully saturated rings. The summed E-state index contributed by atoms with van der Waals surface area (Å²) in [6, 6.07) is 14.3. The molecule has 0 atom stereocenters. The Bertz CT molecular complexity index is 1100. The molecule has 9 heteroatoms. The second-order valence-corrected chi connectivity index (χ2v) is 6.88. The first-order chi connectivity index (χ1) is 15.7. The Morgan fingerprint density at radius 2 is 1.88 bits per heavy atom. The minimum absolute atomic E-state index is 0.128. The summed E-state index contributed by atoms with van der Waals surface area (Å²) in [7, 11) is 0. The number of rotatable bonds is 7. The highest BCUT2D eigenvalue weighted by atomic mass is 16.5. The average Bonchev–Trinajstić information content (AvgIpc) is 3.09. The summed E-state index contributed by atoms with van der Waals surface area (Å²) in [4.78, 5) is 24.9. The molecule has 2 heterocycles. The Morgan fingerprint density at radius 1 is 1.09 bits per heavy atom. The van der Waals surface area contributed by atoms with Crippen LogP contribution >= 0.6 is 0 Å². The van der Waals surface area contributed by atoms with Crippen molar-refractivity contribution >= 4 is 17.6 Å². The van der Waals surface area contributed by atoms with E-state index in [1.165, 1.54) is 10.9 Å². The van der Waals surface area contributed by atoms with E-state index >= 15 is 0 Å². The molecule has 4 rings (SSSR count). The molecule has 9 nitrogen and oxygen atoms in total. The number of ether oxygens (including phenoxy) is 4. The molecule has 0 spiro atoms. The van der Waals surface area contributed by atoms with Crippen LogP contribution in [0, 0.1) is 0 Å². The van der Waals surface area contributed by atoms with E-state index in [0.29, 0.717) is 36.1 Å². The number of carbonyl (C=O) groups is 2. The number of benzene rings is 2. The fraction of sp³-hybridized carbons (Fsp3) is 0.261. The van der Waals surface area contributed by atoms with Gasteiger partial charge < -0.3 is 24.3 Å². The number of anilines is 1. The van der Waals surface area contributed by atoms with Gasteiger partial charge in [-0.3, -0.25) is 4.79 Å². The van der Waals surface area contributed by atoms with Crippen molar-refractivity contribution in [2.75, 3.05) is 31.7 Å². The Kier molecular flexibility index (Phi) is 6.54. The molecule has 0 unspecified atom stereocenters. The quantitative estimate of drug-likeness (QED) is 0.567. The highest BCUT2D eigenvalue weighted by Crippen LogP contribution is 2.32. The van der Waals surface area contributed by atoms with Crippen LogP contribution in [0.4, 0.5) is 5.69 Å². The number of hydrogen-bond donors (Lipinski definition) is 1. The first-order valence-corrected chi connectivity index (χ1v) is 10.3. The predicted molar refractivity (Wildman–Crippen MR) is 116 cm³/mol. The number of hydrogen-bond acceptors (Lipinski definition) is 7. The molecule has 0 saturated carbocycles. The monoisotopic (exact) mass is 437 g/mol. The van der Waals surface area contributed by atoms with Crippen LogP contribution in [0.1, 0.15) is 23.7 Å². The van der Waals surface area contributed by atoms with Gasteiger partial charge in [0.2, 0.25) is 5.88 Å². The molecule has 2 aromatic carbocycles. The van der Waals surface area contributed by atoms with E-state index in [9.17, 15) is 9.59 Å². The molecule has 3 aromatic rings. The molecule has 166 valence electrons. The number of para-hydroxylation sites is 1. The maximum atomic E-state index is 12.5. The van der Waals surface area contributed by atoms with Gasteiger partial charge in [-0.25, -0.2) is 9.48 Å². The highest BCUT2D eigenvalue weighted by molar-refractivity contribution is 5.94. The first-order valence-electron chi connectivity index (χ1n) is 10.3. The zero-order chi connectivity index (χ0) is 22.3. The molecule has 0 aliphatic carbocycles. The zero-order valence-electron chi connectivity index (χ0n) is 17.6. The smallest absolute Gasteiger partial charge is 0.345 e. The second-order valence-electron chi connectivity index (χ2n) is 6.88. The van der Waals surface area contributed by atoms with Crippen LogP contribution in [0.25, 0.3) is 5.69 Å². The SMILES string of the molecule is CCOC(=O)c1cnn(-c2ccccc2)c1OCC(=O)Nc1ccc2c(c1)OCCCO2. The summed E-state index contributed by atoms with van der Waals surface area (Å²) in [6.07, 6.45) is 2.16. The fourth-order valence-electron chi connectivity index (χ4n) is 3.15. The topological polar surface area (TPSA) is 101 Å². The van der Waals surface area contributed by atoms with Gasteiger partial charge in [-0.15, -0.1) is 0 Å². The maximum absolute atomic E-state index is 12.5. The van der Waals surface area contributed by atoms with Gasteiger partial charge in [0, 0.05) is 18.2 Å². The lowest BCUT2D eigenvalue weighted by molar-refractivity contribution is -0.118. The summed E-state index contributed by atoms with van der Waals surface area (Å²) in [6.45, 7) is 2.72. The van der Waals surface area contributed by atoms with Crippen molar-refractivity contribution < 1.29 is 28.5 Å². The summed E-state index contributed by atoms with van der Waals surface area (Å²) >= 11 is 0. The summed E-state index contributed by atoms with van der Waals surface area (Å²) in [5, 5.41) is 7.00. The van der Waals surface area contributed by atoms with Gasteiger partial charge in [-0.05, 0) is 31.2 Å². The molecule has 1 aliphatic heterocycles. The van der Waals surface area contributed by atoms with E-state index in [1.54, 1.807) is 25.1 Å². The van der Waals surface area contributed by atoms with E-state index in [0.717, 1.165) is 6.42 Å². The summed E-state index contributed by atoms with van der Waals surface area (Å²) in [5.74, 6) is 0.363. The van der Waals surface area contributed by atoms with Crippen LogP contribution < -0.4 is 19.5 Å². The molecule has 1 amide bonds. The van der Waals surface area contributed by atoms with Gasteiger partial charge >= 0.3 is 5.97 Å². The molecule has 32 heavy (non-hydrogen) atoms. The van der Waals surface area contributed by atoms with E-state index in [1.807, 2.05) is 30.3 Å². The molecular weight excluding hydrogens is 414 g/mol. The van der Waals surface area contributed by atoms with Crippen LogP contribution in [-0.4, -0.2) is 48.1 Å². The number of fused-ring (bicyclic) bond motifs is 1. The third-order valence-corrected chi connectivity index (χ3v) is 4.59. The lowest BCUT2D eigenvalue weighted by Gasteiger charge is -2.12. The normalized spacial score (nSPS) is 12.5. The van der Waals surface area contributed by atoms with Crippen LogP contribution in [0.2, 0.25) is 0 Å². The summed E-state index contributed by atoms with van der Waals surface area (Å²) in [5.41, 5.74) is 1.37. The van der Waals surface area contributed by atoms with E-state index in [2.05, 4.69) is 10.4 Å². The number of nitrogens with one attached hydrogen (secondary N) is 1.